The number of ether oxygens (including phenoxy) is 1. The maximum absolute atomic E-state index is 5.92. The summed E-state index contributed by atoms with van der Waals surface area (Å²) in [6.07, 6.45) is 5.52. The van der Waals surface area contributed by atoms with Crippen molar-refractivity contribution in [2.24, 2.45) is 0 Å². The van der Waals surface area contributed by atoms with Crippen LogP contribution in [-0.4, -0.2) is 9.55 Å². The molecule has 0 bridgehead atoms. The van der Waals surface area contributed by atoms with Crippen LogP contribution in [0.1, 0.15) is 24.2 Å². The van der Waals surface area contributed by atoms with Gasteiger partial charge in [0.1, 0.15) is 12.4 Å². The van der Waals surface area contributed by atoms with Gasteiger partial charge in [-0.15, -0.1) is 0 Å². The van der Waals surface area contributed by atoms with E-state index in [9.17, 15) is 0 Å². The Bertz CT molecular complexity index is 550. The molecule has 0 unspecified atom stereocenters. The van der Waals surface area contributed by atoms with Crippen LogP contribution >= 0.6 is 11.6 Å². The third-order valence-electron chi connectivity index (χ3n) is 3.27. The van der Waals surface area contributed by atoms with E-state index >= 15 is 0 Å². The van der Waals surface area contributed by atoms with Gasteiger partial charge in [0.15, 0.2) is 0 Å². The highest BCUT2D eigenvalue weighted by atomic mass is 35.5. The minimum Gasteiger partial charge on any atom is -0.487 e. The molecule has 0 radical (unpaired) electrons. The minimum atomic E-state index is 0.517. The van der Waals surface area contributed by atoms with E-state index in [1.807, 2.05) is 30.6 Å². The summed E-state index contributed by atoms with van der Waals surface area (Å²) in [5, 5.41) is 0.694. The molecule has 94 valence electrons. The number of rotatable bonds is 3. The lowest BCUT2D eigenvalue weighted by atomic mass is 10.1. The van der Waals surface area contributed by atoms with Crippen LogP contribution in [0.4, 0.5) is 0 Å². The molecule has 0 spiro atoms. The SMILES string of the molecule is Clc1cccc(OCc2ncn3c2CCCC3)c1. The molecule has 1 aliphatic heterocycles. The molecule has 3 rings (SSSR count). The Labute approximate surface area is 111 Å². The largest absolute Gasteiger partial charge is 0.487 e. The molecule has 1 aliphatic rings. The van der Waals surface area contributed by atoms with Gasteiger partial charge in [-0.05, 0) is 37.5 Å². The zero-order valence-corrected chi connectivity index (χ0v) is 10.9. The highest BCUT2D eigenvalue weighted by Gasteiger charge is 2.14. The Morgan fingerprint density at radius 1 is 1.33 bits per heavy atom. The van der Waals surface area contributed by atoms with Gasteiger partial charge in [-0.2, -0.15) is 0 Å². The van der Waals surface area contributed by atoms with Crippen molar-refractivity contribution >= 4 is 11.6 Å². The van der Waals surface area contributed by atoms with E-state index in [0.717, 1.165) is 24.4 Å². The van der Waals surface area contributed by atoms with Crippen molar-refractivity contribution in [1.82, 2.24) is 9.55 Å². The van der Waals surface area contributed by atoms with E-state index in [0.29, 0.717) is 11.6 Å². The average Bonchev–Trinajstić information content (AvgIpc) is 2.80. The number of hydrogen-bond donors (Lipinski definition) is 0. The predicted molar refractivity (Wildman–Crippen MR) is 70.9 cm³/mol. The van der Waals surface area contributed by atoms with E-state index in [2.05, 4.69) is 9.55 Å². The van der Waals surface area contributed by atoms with Crippen LogP contribution in [0.5, 0.6) is 5.75 Å². The molecule has 3 nitrogen and oxygen atoms in total. The number of benzene rings is 1. The highest BCUT2D eigenvalue weighted by molar-refractivity contribution is 6.30. The van der Waals surface area contributed by atoms with Gasteiger partial charge in [-0.25, -0.2) is 4.98 Å². The molecular weight excluding hydrogens is 248 g/mol. The van der Waals surface area contributed by atoms with E-state index in [-0.39, 0.29) is 0 Å². The summed E-state index contributed by atoms with van der Waals surface area (Å²) in [7, 11) is 0. The zero-order chi connectivity index (χ0) is 12.4. The Morgan fingerprint density at radius 3 is 3.17 bits per heavy atom. The summed E-state index contributed by atoms with van der Waals surface area (Å²) in [5.41, 5.74) is 2.37. The maximum atomic E-state index is 5.92. The number of aromatic nitrogens is 2. The monoisotopic (exact) mass is 262 g/mol. The van der Waals surface area contributed by atoms with Crippen molar-refractivity contribution in [3.05, 3.63) is 47.0 Å². The quantitative estimate of drug-likeness (QED) is 0.847. The van der Waals surface area contributed by atoms with Crippen LogP contribution in [0, 0.1) is 0 Å². The maximum Gasteiger partial charge on any atom is 0.132 e. The van der Waals surface area contributed by atoms with E-state index in [4.69, 9.17) is 16.3 Å². The first-order valence-corrected chi connectivity index (χ1v) is 6.62. The number of imidazole rings is 1. The molecule has 0 saturated carbocycles. The van der Waals surface area contributed by atoms with Crippen molar-refractivity contribution in [3.63, 3.8) is 0 Å². The predicted octanol–water partition coefficient (Wildman–Crippen LogP) is 3.45. The molecule has 0 aliphatic carbocycles. The molecular formula is C14H15ClN2O. The Balaban J connectivity index is 1.72. The number of nitrogens with zero attached hydrogens (tertiary/aromatic N) is 2. The lowest BCUT2D eigenvalue weighted by Gasteiger charge is -2.15. The first-order valence-electron chi connectivity index (χ1n) is 6.24. The highest BCUT2D eigenvalue weighted by Crippen LogP contribution is 2.21. The fourth-order valence-corrected chi connectivity index (χ4v) is 2.51. The third-order valence-corrected chi connectivity index (χ3v) is 3.50. The van der Waals surface area contributed by atoms with Gasteiger partial charge in [-0.3, -0.25) is 0 Å². The van der Waals surface area contributed by atoms with Crippen molar-refractivity contribution in [2.45, 2.75) is 32.4 Å². The standard InChI is InChI=1S/C14H15ClN2O/c15-11-4-3-5-12(8-11)18-9-13-14-6-1-2-7-17(14)10-16-13/h3-5,8,10H,1-2,6-7,9H2. The molecule has 0 N–H and O–H groups in total. The van der Waals surface area contributed by atoms with E-state index in [1.165, 1.54) is 18.5 Å². The van der Waals surface area contributed by atoms with E-state index < -0.39 is 0 Å². The molecule has 1 aromatic carbocycles. The molecule has 1 aromatic heterocycles. The lowest BCUT2D eigenvalue weighted by molar-refractivity contribution is 0.299. The summed E-state index contributed by atoms with van der Waals surface area (Å²) in [6, 6.07) is 7.46. The van der Waals surface area contributed by atoms with Gasteiger partial charge >= 0.3 is 0 Å². The number of aryl methyl sites for hydroxylation is 1. The van der Waals surface area contributed by atoms with Crippen LogP contribution in [-0.2, 0) is 19.6 Å². The van der Waals surface area contributed by atoms with Crippen LogP contribution in [0.25, 0.3) is 0 Å². The van der Waals surface area contributed by atoms with Crippen molar-refractivity contribution in [2.75, 3.05) is 0 Å². The number of fused-ring (bicyclic) bond motifs is 1. The second-order valence-corrected chi connectivity index (χ2v) is 4.97. The van der Waals surface area contributed by atoms with Gasteiger partial charge in [0.25, 0.3) is 0 Å². The molecule has 2 aromatic rings. The third kappa shape index (κ3) is 2.36. The van der Waals surface area contributed by atoms with Crippen molar-refractivity contribution in [1.29, 1.82) is 0 Å². The summed E-state index contributed by atoms with van der Waals surface area (Å²) >= 11 is 5.92. The van der Waals surface area contributed by atoms with Gasteiger partial charge < -0.3 is 9.30 Å². The summed E-state index contributed by atoms with van der Waals surface area (Å²) in [4.78, 5) is 4.44. The molecule has 0 atom stereocenters. The lowest BCUT2D eigenvalue weighted by Crippen LogP contribution is -2.11. The Hall–Kier alpha value is -1.48. The summed E-state index contributed by atoms with van der Waals surface area (Å²) in [6.45, 7) is 1.60. The first-order chi connectivity index (χ1) is 8.83. The first kappa shape index (κ1) is 11.6. The van der Waals surface area contributed by atoms with Crippen molar-refractivity contribution < 1.29 is 4.74 Å². The van der Waals surface area contributed by atoms with Crippen LogP contribution in [0.3, 0.4) is 0 Å². The van der Waals surface area contributed by atoms with Gasteiger partial charge in [0.2, 0.25) is 0 Å². The summed E-state index contributed by atoms with van der Waals surface area (Å²) in [5.74, 6) is 0.792. The van der Waals surface area contributed by atoms with E-state index in [1.54, 1.807) is 0 Å². The van der Waals surface area contributed by atoms with Gasteiger partial charge in [0.05, 0.1) is 12.0 Å². The molecule has 2 heterocycles. The van der Waals surface area contributed by atoms with Crippen LogP contribution < -0.4 is 4.74 Å². The smallest absolute Gasteiger partial charge is 0.132 e. The normalized spacial score (nSPS) is 14.3. The van der Waals surface area contributed by atoms with Gasteiger partial charge in [0, 0.05) is 17.3 Å². The fourth-order valence-electron chi connectivity index (χ4n) is 2.33. The molecule has 0 amide bonds. The van der Waals surface area contributed by atoms with Crippen LogP contribution in [0.15, 0.2) is 30.6 Å². The van der Waals surface area contributed by atoms with Crippen LogP contribution in [0.2, 0.25) is 5.02 Å². The second kappa shape index (κ2) is 5.02. The topological polar surface area (TPSA) is 27.1 Å². The fraction of sp³-hybridized carbons (Fsp3) is 0.357. The zero-order valence-electron chi connectivity index (χ0n) is 10.1. The summed E-state index contributed by atoms with van der Waals surface area (Å²) < 4.78 is 7.97. The average molecular weight is 263 g/mol. The van der Waals surface area contributed by atoms with Crippen molar-refractivity contribution in [3.8, 4) is 5.75 Å². The molecule has 18 heavy (non-hydrogen) atoms. The molecule has 0 saturated heterocycles. The number of hydrogen-bond acceptors (Lipinski definition) is 2. The Kier molecular flexibility index (Phi) is 3.24. The molecule has 4 heteroatoms. The second-order valence-electron chi connectivity index (χ2n) is 4.53. The minimum absolute atomic E-state index is 0.517. The van der Waals surface area contributed by atoms with Gasteiger partial charge in [-0.1, -0.05) is 17.7 Å². The molecule has 0 fully saturated rings. The Morgan fingerprint density at radius 2 is 2.28 bits per heavy atom. The number of halogens is 1.